The van der Waals surface area contributed by atoms with E-state index in [0.29, 0.717) is 13.2 Å². The van der Waals surface area contributed by atoms with E-state index in [1.54, 1.807) is 0 Å². The fourth-order valence-electron chi connectivity index (χ4n) is 1.47. The van der Waals surface area contributed by atoms with Gasteiger partial charge in [-0.15, -0.1) is 0 Å². The maximum Gasteiger partial charge on any atom is 0.221 e. The Morgan fingerprint density at radius 2 is 1.71 bits per heavy atom. The van der Waals surface area contributed by atoms with Gasteiger partial charge >= 0.3 is 0 Å². The molecule has 94 valence electrons. The normalized spacial score (nSPS) is 10.6. The van der Waals surface area contributed by atoms with E-state index in [-0.39, 0.29) is 12.2 Å². The van der Waals surface area contributed by atoms with Crippen LogP contribution in [0.4, 0.5) is 5.69 Å². The lowest BCUT2D eigenvalue weighted by Gasteiger charge is -2.17. The summed E-state index contributed by atoms with van der Waals surface area (Å²) in [6.07, 6.45) is -0.337. The third-order valence-corrected chi connectivity index (χ3v) is 2.14. The first-order valence-electron chi connectivity index (χ1n) is 5.78. The lowest BCUT2D eigenvalue weighted by molar-refractivity contribution is -0.140. The number of carbonyl (C=O) groups is 1. The van der Waals surface area contributed by atoms with Crippen molar-refractivity contribution < 1.29 is 14.3 Å². The SMILES string of the molecule is CCOC(OCC)c1ccc(NC(C)=O)cc1. The molecule has 0 bridgehead atoms. The van der Waals surface area contributed by atoms with Gasteiger partial charge in [-0.2, -0.15) is 0 Å². The maximum atomic E-state index is 10.9. The molecule has 0 atom stereocenters. The van der Waals surface area contributed by atoms with Crippen LogP contribution >= 0.6 is 0 Å². The van der Waals surface area contributed by atoms with Crippen LogP contribution in [0.15, 0.2) is 24.3 Å². The van der Waals surface area contributed by atoms with Gasteiger partial charge in [0.15, 0.2) is 6.29 Å². The van der Waals surface area contributed by atoms with E-state index in [1.165, 1.54) is 6.92 Å². The highest BCUT2D eigenvalue weighted by Crippen LogP contribution is 2.20. The second kappa shape index (κ2) is 7.04. The minimum Gasteiger partial charge on any atom is -0.349 e. The largest absolute Gasteiger partial charge is 0.349 e. The Balaban J connectivity index is 2.72. The minimum absolute atomic E-state index is 0.0797. The summed E-state index contributed by atoms with van der Waals surface area (Å²) in [5, 5.41) is 2.71. The van der Waals surface area contributed by atoms with Gasteiger partial charge in [-0.05, 0) is 26.0 Å². The van der Waals surface area contributed by atoms with Gasteiger partial charge in [0, 0.05) is 31.4 Å². The van der Waals surface area contributed by atoms with Gasteiger partial charge in [0.1, 0.15) is 0 Å². The van der Waals surface area contributed by atoms with Crippen molar-refractivity contribution in [1.82, 2.24) is 0 Å². The smallest absolute Gasteiger partial charge is 0.221 e. The highest BCUT2D eigenvalue weighted by atomic mass is 16.7. The summed E-state index contributed by atoms with van der Waals surface area (Å²) in [4.78, 5) is 10.9. The number of rotatable bonds is 6. The molecule has 1 aromatic rings. The monoisotopic (exact) mass is 237 g/mol. The van der Waals surface area contributed by atoms with Crippen LogP contribution in [-0.4, -0.2) is 19.1 Å². The summed E-state index contributed by atoms with van der Waals surface area (Å²) in [6, 6.07) is 7.45. The van der Waals surface area contributed by atoms with Crippen LogP contribution in [-0.2, 0) is 14.3 Å². The van der Waals surface area contributed by atoms with Crippen molar-refractivity contribution >= 4 is 11.6 Å². The van der Waals surface area contributed by atoms with Crippen LogP contribution in [0.3, 0.4) is 0 Å². The zero-order valence-corrected chi connectivity index (χ0v) is 10.5. The third-order valence-electron chi connectivity index (χ3n) is 2.14. The molecular formula is C13H19NO3. The molecule has 0 radical (unpaired) electrons. The molecule has 0 fully saturated rings. The molecule has 0 aliphatic heterocycles. The zero-order valence-electron chi connectivity index (χ0n) is 10.5. The number of hydrogen-bond donors (Lipinski definition) is 1. The van der Waals surface area contributed by atoms with E-state index >= 15 is 0 Å². The Morgan fingerprint density at radius 1 is 1.18 bits per heavy atom. The van der Waals surface area contributed by atoms with Crippen molar-refractivity contribution in [2.75, 3.05) is 18.5 Å². The number of carbonyl (C=O) groups excluding carboxylic acids is 1. The number of hydrogen-bond acceptors (Lipinski definition) is 3. The molecule has 17 heavy (non-hydrogen) atoms. The molecule has 0 saturated heterocycles. The summed E-state index contributed by atoms with van der Waals surface area (Å²) in [5.74, 6) is -0.0797. The van der Waals surface area contributed by atoms with Gasteiger partial charge in [0.2, 0.25) is 5.91 Å². The summed E-state index contributed by atoms with van der Waals surface area (Å²) < 4.78 is 11.0. The zero-order chi connectivity index (χ0) is 12.7. The average Bonchev–Trinajstić information content (AvgIpc) is 2.29. The van der Waals surface area contributed by atoms with E-state index < -0.39 is 0 Å². The summed E-state index contributed by atoms with van der Waals surface area (Å²) in [5.41, 5.74) is 1.72. The molecule has 0 saturated carbocycles. The second-order valence-electron chi connectivity index (χ2n) is 3.55. The summed E-state index contributed by atoms with van der Waals surface area (Å²) in [6.45, 7) is 6.53. The lowest BCUT2D eigenvalue weighted by Crippen LogP contribution is -2.09. The number of amides is 1. The Kier molecular flexibility index (Phi) is 5.66. The number of nitrogens with one attached hydrogen (secondary N) is 1. The van der Waals surface area contributed by atoms with Gasteiger partial charge < -0.3 is 14.8 Å². The van der Waals surface area contributed by atoms with E-state index in [2.05, 4.69) is 5.32 Å². The molecule has 0 aliphatic rings. The predicted molar refractivity (Wildman–Crippen MR) is 66.7 cm³/mol. The van der Waals surface area contributed by atoms with E-state index in [9.17, 15) is 4.79 Å². The van der Waals surface area contributed by atoms with Gasteiger partial charge in [0.05, 0.1) is 0 Å². The quantitative estimate of drug-likeness (QED) is 0.774. The molecule has 0 aromatic heterocycles. The van der Waals surface area contributed by atoms with Gasteiger partial charge in [0.25, 0.3) is 0 Å². The van der Waals surface area contributed by atoms with Crippen LogP contribution in [0, 0.1) is 0 Å². The molecule has 1 rings (SSSR count). The molecule has 1 N–H and O–H groups in total. The molecule has 0 unspecified atom stereocenters. The van der Waals surface area contributed by atoms with Crippen LogP contribution in [0.25, 0.3) is 0 Å². The van der Waals surface area contributed by atoms with E-state index in [4.69, 9.17) is 9.47 Å². The van der Waals surface area contributed by atoms with Crippen molar-refractivity contribution in [1.29, 1.82) is 0 Å². The molecule has 1 amide bonds. The van der Waals surface area contributed by atoms with E-state index in [0.717, 1.165) is 11.3 Å². The minimum atomic E-state index is -0.337. The Morgan fingerprint density at radius 3 is 2.12 bits per heavy atom. The highest BCUT2D eigenvalue weighted by molar-refractivity contribution is 5.88. The van der Waals surface area contributed by atoms with Crippen LogP contribution in [0.1, 0.15) is 32.6 Å². The fraction of sp³-hybridized carbons (Fsp3) is 0.462. The lowest BCUT2D eigenvalue weighted by atomic mass is 10.2. The fourth-order valence-corrected chi connectivity index (χ4v) is 1.47. The van der Waals surface area contributed by atoms with Gasteiger partial charge in [-0.3, -0.25) is 4.79 Å². The first-order valence-corrected chi connectivity index (χ1v) is 5.78. The number of ether oxygens (including phenoxy) is 2. The Hall–Kier alpha value is -1.39. The van der Waals surface area contributed by atoms with Crippen LogP contribution in [0.5, 0.6) is 0 Å². The first-order chi connectivity index (χ1) is 8.17. The average molecular weight is 237 g/mol. The van der Waals surface area contributed by atoms with Gasteiger partial charge in [-0.1, -0.05) is 12.1 Å². The Bertz CT molecular complexity index is 342. The Labute approximate surface area is 102 Å². The van der Waals surface area contributed by atoms with Gasteiger partial charge in [-0.25, -0.2) is 0 Å². The predicted octanol–water partition coefficient (Wildman–Crippen LogP) is 2.72. The molecule has 0 heterocycles. The number of benzene rings is 1. The standard InChI is InChI=1S/C13H19NO3/c1-4-16-13(17-5-2)11-6-8-12(9-7-11)14-10(3)15/h6-9,13H,4-5H2,1-3H3,(H,14,15). The molecule has 0 spiro atoms. The van der Waals surface area contributed by atoms with Crippen molar-refractivity contribution in [3.05, 3.63) is 29.8 Å². The van der Waals surface area contributed by atoms with E-state index in [1.807, 2.05) is 38.1 Å². The first kappa shape index (κ1) is 13.7. The van der Waals surface area contributed by atoms with Crippen LogP contribution in [0.2, 0.25) is 0 Å². The topological polar surface area (TPSA) is 47.6 Å². The molecular weight excluding hydrogens is 218 g/mol. The van der Waals surface area contributed by atoms with Crippen molar-refractivity contribution in [3.8, 4) is 0 Å². The van der Waals surface area contributed by atoms with Crippen molar-refractivity contribution in [2.24, 2.45) is 0 Å². The highest BCUT2D eigenvalue weighted by Gasteiger charge is 2.10. The molecule has 0 aliphatic carbocycles. The van der Waals surface area contributed by atoms with Crippen molar-refractivity contribution in [3.63, 3.8) is 0 Å². The second-order valence-corrected chi connectivity index (χ2v) is 3.55. The summed E-state index contributed by atoms with van der Waals surface area (Å²) in [7, 11) is 0. The summed E-state index contributed by atoms with van der Waals surface area (Å²) >= 11 is 0. The number of anilines is 1. The third kappa shape index (κ3) is 4.54. The molecule has 1 aromatic carbocycles. The molecule has 4 nitrogen and oxygen atoms in total. The molecule has 4 heteroatoms. The van der Waals surface area contributed by atoms with Crippen molar-refractivity contribution in [2.45, 2.75) is 27.1 Å². The maximum absolute atomic E-state index is 10.9. The van der Waals surface area contributed by atoms with Crippen LogP contribution < -0.4 is 5.32 Å².